The molecule has 5 heteroatoms. The lowest BCUT2D eigenvalue weighted by Crippen LogP contribution is -1.96. The molecule has 0 aliphatic carbocycles. The van der Waals surface area contributed by atoms with E-state index in [4.69, 9.17) is 0 Å². The Bertz CT molecular complexity index is 411. The van der Waals surface area contributed by atoms with Crippen LogP contribution in [0.15, 0.2) is 23.2 Å². The van der Waals surface area contributed by atoms with Gasteiger partial charge in [0.15, 0.2) is 11.6 Å². The van der Waals surface area contributed by atoms with Gasteiger partial charge in [0.2, 0.25) is 6.08 Å². The molecule has 1 aromatic rings. The number of hydrogen-bond donors (Lipinski definition) is 0. The summed E-state index contributed by atoms with van der Waals surface area (Å²) in [6.07, 6.45) is 1.09. The highest BCUT2D eigenvalue weighted by molar-refractivity contribution is 5.97. The van der Waals surface area contributed by atoms with Crippen LogP contribution in [0.5, 0.6) is 5.75 Å². The van der Waals surface area contributed by atoms with E-state index in [-0.39, 0.29) is 11.3 Å². The van der Waals surface area contributed by atoms with E-state index in [1.54, 1.807) is 0 Å². The van der Waals surface area contributed by atoms with E-state index in [0.717, 1.165) is 12.1 Å². The van der Waals surface area contributed by atoms with Gasteiger partial charge in [0.1, 0.15) is 0 Å². The van der Waals surface area contributed by atoms with Crippen LogP contribution in [0.3, 0.4) is 0 Å². The normalized spacial score (nSPS) is 9.00. The van der Waals surface area contributed by atoms with Gasteiger partial charge in [-0.05, 0) is 18.2 Å². The molecule has 0 spiro atoms. The molecule has 0 atom stereocenters. The van der Waals surface area contributed by atoms with E-state index in [9.17, 15) is 14.0 Å². The van der Waals surface area contributed by atoms with E-state index < -0.39 is 11.7 Å². The van der Waals surface area contributed by atoms with Crippen molar-refractivity contribution in [1.82, 2.24) is 0 Å². The summed E-state index contributed by atoms with van der Waals surface area (Å²) in [5.74, 6) is -1.49. The average molecular weight is 195 g/mol. The molecule has 0 bridgehead atoms. The van der Waals surface area contributed by atoms with Gasteiger partial charge >= 0.3 is 0 Å². The van der Waals surface area contributed by atoms with Crippen molar-refractivity contribution in [3.8, 4) is 5.75 Å². The van der Waals surface area contributed by atoms with Crippen molar-refractivity contribution in [2.75, 3.05) is 7.11 Å². The number of aliphatic imine (C=N–C) groups is 1. The fourth-order valence-corrected chi connectivity index (χ4v) is 0.905. The molecule has 1 amide bonds. The van der Waals surface area contributed by atoms with Gasteiger partial charge < -0.3 is 4.74 Å². The highest BCUT2D eigenvalue weighted by atomic mass is 19.1. The van der Waals surface area contributed by atoms with Crippen LogP contribution in [-0.2, 0) is 4.79 Å². The lowest BCUT2D eigenvalue weighted by molar-refractivity contribution is 0.100. The summed E-state index contributed by atoms with van der Waals surface area (Å²) < 4.78 is 17.7. The molecular weight excluding hydrogens is 189 g/mol. The number of isocyanates is 1. The molecule has 14 heavy (non-hydrogen) atoms. The maximum Gasteiger partial charge on any atom is 0.287 e. The first kappa shape index (κ1) is 10.1. The molecule has 0 N–H and O–H groups in total. The number of hydrogen-bond acceptors (Lipinski definition) is 3. The first-order valence-corrected chi connectivity index (χ1v) is 3.64. The minimum atomic E-state index is -0.832. The molecule has 0 saturated heterocycles. The Kier molecular flexibility index (Phi) is 3.09. The molecule has 0 heterocycles. The van der Waals surface area contributed by atoms with Gasteiger partial charge in [-0.15, -0.1) is 4.99 Å². The summed E-state index contributed by atoms with van der Waals surface area (Å²) in [6, 6.07) is 3.54. The van der Waals surface area contributed by atoms with Crippen LogP contribution in [0.4, 0.5) is 4.39 Å². The second kappa shape index (κ2) is 4.30. The predicted molar refractivity (Wildman–Crippen MR) is 45.4 cm³/mol. The van der Waals surface area contributed by atoms with Crippen LogP contribution in [-0.4, -0.2) is 19.1 Å². The lowest BCUT2D eigenvalue weighted by Gasteiger charge is -2.01. The molecule has 0 radical (unpaired) electrons. The monoisotopic (exact) mass is 195 g/mol. The lowest BCUT2D eigenvalue weighted by atomic mass is 10.2. The molecule has 0 aromatic heterocycles. The number of benzene rings is 1. The third-order valence-electron chi connectivity index (χ3n) is 1.55. The summed E-state index contributed by atoms with van der Waals surface area (Å²) in [5.41, 5.74) is -0.0216. The predicted octanol–water partition coefficient (Wildman–Crippen LogP) is 1.31. The second-order valence-electron chi connectivity index (χ2n) is 2.36. The fraction of sp³-hybridized carbons (Fsp3) is 0.111. The maximum atomic E-state index is 13.0. The molecule has 1 rings (SSSR count). The zero-order valence-corrected chi connectivity index (χ0v) is 7.28. The number of carbonyl (C=O) groups excluding carboxylic acids is 2. The topological polar surface area (TPSA) is 55.7 Å². The minimum Gasteiger partial charge on any atom is -0.494 e. The van der Waals surface area contributed by atoms with Crippen LogP contribution < -0.4 is 4.74 Å². The molecule has 0 aliphatic heterocycles. The fourth-order valence-electron chi connectivity index (χ4n) is 0.905. The van der Waals surface area contributed by atoms with Gasteiger partial charge in [-0.2, -0.15) is 0 Å². The smallest absolute Gasteiger partial charge is 0.287 e. The quantitative estimate of drug-likeness (QED) is 0.528. The third-order valence-corrected chi connectivity index (χ3v) is 1.55. The van der Waals surface area contributed by atoms with Crippen molar-refractivity contribution in [3.05, 3.63) is 29.6 Å². The van der Waals surface area contributed by atoms with Crippen molar-refractivity contribution in [2.24, 2.45) is 4.99 Å². The third kappa shape index (κ3) is 2.02. The molecule has 4 nitrogen and oxygen atoms in total. The Hall–Kier alpha value is -2.00. The first-order chi connectivity index (χ1) is 6.69. The standard InChI is InChI=1S/C9H6FNO3/c1-14-8-3-2-6(4-7(8)10)9(13)11-5-12/h2-4H,1H3. The van der Waals surface area contributed by atoms with Crippen molar-refractivity contribution in [2.45, 2.75) is 0 Å². The first-order valence-electron chi connectivity index (χ1n) is 3.64. The number of ether oxygens (including phenoxy) is 1. The van der Waals surface area contributed by atoms with Gasteiger partial charge in [0.05, 0.1) is 7.11 Å². The second-order valence-corrected chi connectivity index (χ2v) is 2.36. The number of amides is 1. The van der Waals surface area contributed by atoms with Crippen LogP contribution in [0.2, 0.25) is 0 Å². The van der Waals surface area contributed by atoms with Crippen LogP contribution >= 0.6 is 0 Å². The molecule has 0 saturated carbocycles. The number of nitrogens with zero attached hydrogens (tertiary/aromatic N) is 1. The highest BCUT2D eigenvalue weighted by Gasteiger charge is 2.08. The van der Waals surface area contributed by atoms with E-state index in [1.807, 2.05) is 0 Å². The summed E-state index contributed by atoms with van der Waals surface area (Å²) in [4.78, 5) is 23.6. The van der Waals surface area contributed by atoms with Crippen molar-refractivity contribution in [3.63, 3.8) is 0 Å². The van der Waals surface area contributed by atoms with E-state index in [2.05, 4.69) is 9.73 Å². The Balaban J connectivity index is 3.08. The van der Waals surface area contributed by atoms with Gasteiger partial charge in [-0.25, -0.2) is 9.18 Å². The Morgan fingerprint density at radius 1 is 1.57 bits per heavy atom. The Labute approximate surface area is 79.0 Å². The van der Waals surface area contributed by atoms with Crippen LogP contribution in [0.25, 0.3) is 0 Å². The Morgan fingerprint density at radius 2 is 2.29 bits per heavy atom. The van der Waals surface area contributed by atoms with E-state index in [1.165, 1.54) is 19.2 Å². The average Bonchev–Trinajstić information content (AvgIpc) is 2.18. The summed E-state index contributed by atoms with van der Waals surface area (Å²) in [6.45, 7) is 0. The highest BCUT2D eigenvalue weighted by Crippen LogP contribution is 2.17. The molecule has 0 fully saturated rings. The SMILES string of the molecule is COc1ccc(C(=O)N=C=O)cc1F. The number of halogens is 1. The molecule has 72 valence electrons. The van der Waals surface area contributed by atoms with E-state index in [0.29, 0.717) is 0 Å². The van der Waals surface area contributed by atoms with E-state index >= 15 is 0 Å². The number of carbonyl (C=O) groups is 1. The summed E-state index contributed by atoms with van der Waals surface area (Å²) in [5, 5.41) is 0. The summed E-state index contributed by atoms with van der Waals surface area (Å²) in [7, 11) is 1.31. The van der Waals surface area contributed by atoms with Gasteiger partial charge in [-0.3, -0.25) is 4.79 Å². The van der Waals surface area contributed by atoms with Crippen LogP contribution in [0.1, 0.15) is 10.4 Å². The van der Waals surface area contributed by atoms with Gasteiger partial charge in [-0.1, -0.05) is 0 Å². The zero-order valence-electron chi connectivity index (χ0n) is 7.28. The van der Waals surface area contributed by atoms with Crippen LogP contribution in [0, 0.1) is 5.82 Å². The molecule has 1 aromatic carbocycles. The number of methoxy groups -OCH3 is 1. The molecule has 0 aliphatic rings. The van der Waals surface area contributed by atoms with Gasteiger partial charge in [0.25, 0.3) is 5.91 Å². The molecular formula is C9H6FNO3. The number of rotatable bonds is 2. The Morgan fingerprint density at radius 3 is 2.79 bits per heavy atom. The van der Waals surface area contributed by atoms with Gasteiger partial charge in [0, 0.05) is 5.56 Å². The zero-order chi connectivity index (χ0) is 10.6. The summed E-state index contributed by atoms with van der Waals surface area (Å²) >= 11 is 0. The van der Waals surface area contributed by atoms with Crippen molar-refractivity contribution < 1.29 is 18.7 Å². The minimum absolute atomic E-state index is 0.0216. The maximum absolute atomic E-state index is 13.0. The largest absolute Gasteiger partial charge is 0.494 e. The van der Waals surface area contributed by atoms with Crippen molar-refractivity contribution >= 4 is 12.0 Å². The van der Waals surface area contributed by atoms with Crippen molar-refractivity contribution in [1.29, 1.82) is 0 Å². The molecule has 0 unspecified atom stereocenters.